The second-order valence-electron chi connectivity index (χ2n) is 4.52. The van der Waals surface area contributed by atoms with Crippen LogP contribution in [0.1, 0.15) is 37.0 Å². The summed E-state index contributed by atoms with van der Waals surface area (Å²) in [4.78, 5) is 0. The number of anilines is 1. The molecule has 2 aromatic heterocycles. The second-order valence-corrected chi connectivity index (χ2v) is 4.52. The maximum Gasteiger partial charge on any atom is 0.122 e. The van der Waals surface area contributed by atoms with Gasteiger partial charge < -0.3 is 9.73 Å². The van der Waals surface area contributed by atoms with Crippen LogP contribution in [0.2, 0.25) is 0 Å². The molecule has 0 atom stereocenters. The van der Waals surface area contributed by atoms with E-state index < -0.39 is 0 Å². The third kappa shape index (κ3) is 2.35. The smallest absolute Gasteiger partial charge is 0.122 e. The van der Waals surface area contributed by atoms with Crippen molar-refractivity contribution in [2.45, 2.75) is 40.3 Å². The summed E-state index contributed by atoms with van der Waals surface area (Å²) in [7, 11) is 0. The van der Waals surface area contributed by atoms with Crippen molar-refractivity contribution in [1.82, 2.24) is 9.78 Å². The minimum atomic E-state index is 0.382. The summed E-state index contributed by atoms with van der Waals surface area (Å²) in [5.74, 6) is 0.932. The Morgan fingerprint density at radius 3 is 2.71 bits per heavy atom. The van der Waals surface area contributed by atoms with Crippen molar-refractivity contribution in [3.8, 4) is 0 Å². The lowest BCUT2D eigenvalue weighted by molar-refractivity contribution is 0.515. The highest BCUT2D eigenvalue weighted by Crippen LogP contribution is 2.22. The van der Waals surface area contributed by atoms with Gasteiger partial charge in [0.2, 0.25) is 0 Å². The van der Waals surface area contributed by atoms with Gasteiger partial charge in [0.15, 0.2) is 0 Å². The van der Waals surface area contributed by atoms with E-state index in [0.717, 1.165) is 17.1 Å². The third-order valence-corrected chi connectivity index (χ3v) is 2.83. The lowest BCUT2D eigenvalue weighted by Crippen LogP contribution is -2.06. The van der Waals surface area contributed by atoms with Crippen LogP contribution in [0.5, 0.6) is 0 Å². The molecule has 0 unspecified atom stereocenters. The normalized spacial score (nSPS) is 11.1. The van der Waals surface area contributed by atoms with Crippen LogP contribution in [0.25, 0.3) is 0 Å². The fraction of sp³-hybridized carbons (Fsp3) is 0.462. The average Bonchev–Trinajstić information content (AvgIpc) is 2.86. The Hall–Kier alpha value is -1.71. The Balaban J connectivity index is 2.15. The van der Waals surface area contributed by atoms with E-state index >= 15 is 0 Å². The number of nitrogens with one attached hydrogen (secondary N) is 1. The standard InChI is InChI=1S/C13H19N3O/c1-9(2)16-11(4)13(10(3)15-16)14-8-12-6-5-7-17-12/h5-7,9,14H,8H2,1-4H3. The lowest BCUT2D eigenvalue weighted by Gasteiger charge is -2.09. The second kappa shape index (κ2) is 4.65. The van der Waals surface area contributed by atoms with Crippen LogP contribution in [0.4, 0.5) is 5.69 Å². The summed E-state index contributed by atoms with van der Waals surface area (Å²) in [5, 5.41) is 7.91. The van der Waals surface area contributed by atoms with Crippen molar-refractivity contribution in [2.75, 3.05) is 5.32 Å². The predicted octanol–water partition coefficient (Wildman–Crippen LogP) is 3.29. The molecule has 0 spiro atoms. The molecular weight excluding hydrogens is 214 g/mol. The number of aryl methyl sites for hydroxylation is 1. The van der Waals surface area contributed by atoms with Gasteiger partial charge in [0.05, 0.1) is 29.9 Å². The van der Waals surface area contributed by atoms with E-state index in [0.29, 0.717) is 12.6 Å². The predicted molar refractivity (Wildman–Crippen MR) is 68.1 cm³/mol. The molecule has 4 heteroatoms. The van der Waals surface area contributed by atoms with Crippen LogP contribution < -0.4 is 5.32 Å². The largest absolute Gasteiger partial charge is 0.467 e. The van der Waals surface area contributed by atoms with Gasteiger partial charge in [-0.05, 0) is 39.8 Å². The lowest BCUT2D eigenvalue weighted by atomic mass is 10.3. The van der Waals surface area contributed by atoms with Crippen LogP contribution >= 0.6 is 0 Å². The molecule has 0 radical (unpaired) electrons. The van der Waals surface area contributed by atoms with Gasteiger partial charge in [-0.2, -0.15) is 5.10 Å². The molecule has 0 amide bonds. The van der Waals surface area contributed by atoms with E-state index in [1.165, 1.54) is 5.69 Å². The Labute approximate surface area is 102 Å². The zero-order valence-electron chi connectivity index (χ0n) is 10.8. The molecule has 0 aromatic carbocycles. The minimum Gasteiger partial charge on any atom is -0.467 e. The van der Waals surface area contributed by atoms with Gasteiger partial charge in [-0.1, -0.05) is 0 Å². The van der Waals surface area contributed by atoms with E-state index in [-0.39, 0.29) is 0 Å². The first kappa shape index (κ1) is 11.8. The van der Waals surface area contributed by atoms with E-state index in [4.69, 9.17) is 4.42 Å². The number of hydrogen-bond donors (Lipinski definition) is 1. The van der Waals surface area contributed by atoms with Crippen LogP contribution in [-0.2, 0) is 6.54 Å². The first-order chi connectivity index (χ1) is 8.09. The molecule has 0 aliphatic heterocycles. The number of rotatable bonds is 4. The quantitative estimate of drug-likeness (QED) is 0.881. The van der Waals surface area contributed by atoms with Gasteiger partial charge in [0.1, 0.15) is 5.76 Å². The summed E-state index contributed by atoms with van der Waals surface area (Å²) in [5.41, 5.74) is 3.31. The molecular formula is C13H19N3O. The molecule has 2 aromatic rings. The summed E-state index contributed by atoms with van der Waals surface area (Å²) in [6.45, 7) is 9.07. The average molecular weight is 233 g/mol. The highest BCUT2D eigenvalue weighted by Gasteiger charge is 2.13. The van der Waals surface area contributed by atoms with Gasteiger partial charge in [-0.25, -0.2) is 0 Å². The molecule has 0 bridgehead atoms. The SMILES string of the molecule is Cc1nn(C(C)C)c(C)c1NCc1ccco1. The number of nitrogens with zero attached hydrogens (tertiary/aromatic N) is 2. The Morgan fingerprint density at radius 2 is 2.18 bits per heavy atom. The Kier molecular flexibility index (Phi) is 3.22. The van der Waals surface area contributed by atoms with Gasteiger partial charge >= 0.3 is 0 Å². The Bertz CT molecular complexity index is 483. The van der Waals surface area contributed by atoms with Crippen molar-refractivity contribution in [2.24, 2.45) is 0 Å². The molecule has 0 fully saturated rings. The van der Waals surface area contributed by atoms with Gasteiger partial charge in [0, 0.05) is 6.04 Å². The van der Waals surface area contributed by atoms with Crippen molar-refractivity contribution in [3.05, 3.63) is 35.5 Å². The summed E-state index contributed by atoms with van der Waals surface area (Å²) in [6, 6.07) is 4.24. The molecule has 92 valence electrons. The highest BCUT2D eigenvalue weighted by molar-refractivity contribution is 5.52. The van der Waals surface area contributed by atoms with Gasteiger partial charge in [-0.15, -0.1) is 0 Å². The molecule has 0 saturated heterocycles. The molecule has 1 N–H and O–H groups in total. The summed E-state index contributed by atoms with van der Waals surface area (Å²) < 4.78 is 7.34. The van der Waals surface area contributed by atoms with Crippen LogP contribution in [-0.4, -0.2) is 9.78 Å². The zero-order chi connectivity index (χ0) is 12.4. The number of furan rings is 1. The summed E-state index contributed by atoms with van der Waals surface area (Å²) >= 11 is 0. The van der Waals surface area contributed by atoms with Crippen LogP contribution in [0, 0.1) is 13.8 Å². The monoisotopic (exact) mass is 233 g/mol. The fourth-order valence-corrected chi connectivity index (χ4v) is 2.01. The zero-order valence-corrected chi connectivity index (χ0v) is 10.8. The maximum atomic E-state index is 5.30. The van der Waals surface area contributed by atoms with Gasteiger partial charge in [0.25, 0.3) is 0 Å². The first-order valence-corrected chi connectivity index (χ1v) is 5.91. The van der Waals surface area contributed by atoms with Crippen LogP contribution in [0.15, 0.2) is 22.8 Å². The molecule has 17 heavy (non-hydrogen) atoms. The fourth-order valence-electron chi connectivity index (χ4n) is 2.01. The van der Waals surface area contributed by atoms with E-state index in [2.05, 4.69) is 31.2 Å². The van der Waals surface area contributed by atoms with E-state index in [9.17, 15) is 0 Å². The van der Waals surface area contributed by atoms with Crippen molar-refractivity contribution >= 4 is 5.69 Å². The topological polar surface area (TPSA) is 43.0 Å². The van der Waals surface area contributed by atoms with Crippen LogP contribution in [0.3, 0.4) is 0 Å². The number of hydrogen-bond acceptors (Lipinski definition) is 3. The molecule has 2 rings (SSSR count). The minimum absolute atomic E-state index is 0.382. The molecule has 0 aliphatic rings. The first-order valence-electron chi connectivity index (χ1n) is 5.91. The van der Waals surface area contributed by atoms with Crippen molar-refractivity contribution < 1.29 is 4.42 Å². The van der Waals surface area contributed by atoms with E-state index in [1.807, 2.05) is 23.7 Å². The maximum absolute atomic E-state index is 5.30. The molecule has 4 nitrogen and oxygen atoms in total. The Morgan fingerprint density at radius 1 is 1.41 bits per heavy atom. The van der Waals surface area contributed by atoms with Gasteiger partial charge in [-0.3, -0.25) is 4.68 Å². The third-order valence-electron chi connectivity index (χ3n) is 2.83. The number of aromatic nitrogens is 2. The van der Waals surface area contributed by atoms with Crippen molar-refractivity contribution in [3.63, 3.8) is 0 Å². The molecule has 2 heterocycles. The van der Waals surface area contributed by atoms with Crippen molar-refractivity contribution in [1.29, 1.82) is 0 Å². The summed E-state index contributed by atoms with van der Waals surface area (Å²) in [6.07, 6.45) is 1.69. The van der Waals surface area contributed by atoms with E-state index in [1.54, 1.807) is 6.26 Å². The molecule has 0 saturated carbocycles. The highest BCUT2D eigenvalue weighted by atomic mass is 16.3. The molecule has 0 aliphatic carbocycles.